The molecule has 2 aromatic rings. The van der Waals surface area contributed by atoms with E-state index in [1.807, 2.05) is 23.1 Å². The van der Waals surface area contributed by atoms with Gasteiger partial charge < -0.3 is 20.1 Å². The molecule has 2 N–H and O–H groups in total. The quantitative estimate of drug-likeness (QED) is 0.765. The third-order valence-electron chi connectivity index (χ3n) is 6.44. The number of nitrogens with zero attached hydrogens (tertiary/aromatic N) is 3. The Morgan fingerprint density at radius 3 is 2.97 bits per heavy atom. The monoisotopic (exact) mass is 431 g/mol. The first-order valence-electron chi connectivity index (χ1n) is 10.4. The van der Waals surface area contributed by atoms with Crippen LogP contribution in [-0.4, -0.2) is 52.0 Å². The molecule has 5 rings (SSSR count). The summed E-state index contributed by atoms with van der Waals surface area (Å²) in [6, 6.07) is 7.15. The van der Waals surface area contributed by atoms with E-state index in [0.717, 1.165) is 38.0 Å². The van der Waals surface area contributed by atoms with Crippen LogP contribution >= 0.6 is 12.4 Å². The molecular formula is C21H26ClN5O3. The topological polar surface area (TPSA) is 100 Å². The summed E-state index contributed by atoms with van der Waals surface area (Å²) in [5.41, 5.74) is 1.36. The molecule has 5 heterocycles. The zero-order chi connectivity index (χ0) is 19.8. The Morgan fingerprint density at radius 2 is 2.13 bits per heavy atom. The minimum atomic E-state index is -0.407. The highest BCUT2D eigenvalue weighted by Gasteiger charge is 2.50. The normalized spacial score (nSPS) is 27.7. The van der Waals surface area contributed by atoms with Crippen molar-refractivity contribution in [3.05, 3.63) is 36.2 Å². The second-order valence-electron chi connectivity index (χ2n) is 8.23. The van der Waals surface area contributed by atoms with Crippen LogP contribution in [0.1, 0.15) is 31.4 Å². The molecule has 2 amide bonds. The molecule has 0 saturated carbocycles. The van der Waals surface area contributed by atoms with Gasteiger partial charge in [0.05, 0.1) is 12.2 Å². The highest BCUT2D eigenvalue weighted by atomic mass is 35.5. The number of aromatic nitrogens is 2. The molecule has 8 nitrogen and oxygen atoms in total. The van der Waals surface area contributed by atoms with E-state index in [1.165, 1.54) is 0 Å². The maximum absolute atomic E-state index is 13.1. The first-order chi connectivity index (χ1) is 14.2. The molecule has 0 aromatic carbocycles. The molecule has 160 valence electrons. The second-order valence-corrected chi connectivity index (χ2v) is 8.23. The molecule has 0 spiro atoms. The Bertz CT molecular complexity index is 905. The molecule has 30 heavy (non-hydrogen) atoms. The maximum atomic E-state index is 13.1. The van der Waals surface area contributed by atoms with Crippen molar-refractivity contribution in [1.82, 2.24) is 25.7 Å². The average Bonchev–Trinajstić information content (AvgIpc) is 3.23. The molecule has 0 radical (unpaired) electrons. The van der Waals surface area contributed by atoms with Crippen molar-refractivity contribution in [2.75, 3.05) is 13.1 Å². The van der Waals surface area contributed by atoms with Crippen LogP contribution in [0.4, 0.5) is 0 Å². The van der Waals surface area contributed by atoms with Crippen molar-refractivity contribution in [2.45, 2.75) is 44.3 Å². The fraction of sp³-hybridized carbons (Fsp3) is 0.524. The van der Waals surface area contributed by atoms with Crippen LogP contribution in [0.15, 0.2) is 35.0 Å². The van der Waals surface area contributed by atoms with Crippen molar-refractivity contribution in [2.24, 2.45) is 11.8 Å². The van der Waals surface area contributed by atoms with Crippen LogP contribution in [0.25, 0.3) is 11.4 Å². The first kappa shape index (κ1) is 20.8. The number of nitrogens with one attached hydrogen (secondary N) is 2. The first-order valence-corrected chi connectivity index (χ1v) is 10.4. The Labute approximate surface area is 181 Å². The smallest absolute Gasteiger partial charge is 0.243 e. The summed E-state index contributed by atoms with van der Waals surface area (Å²) < 4.78 is 5.37. The van der Waals surface area contributed by atoms with Crippen LogP contribution in [0.3, 0.4) is 0 Å². The summed E-state index contributed by atoms with van der Waals surface area (Å²) in [5, 5.41) is 10.5. The van der Waals surface area contributed by atoms with E-state index in [9.17, 15) is 9.59 Å². The van der Waals surface area contributed by atoms with Crippen LogP contribution in [0.5, 0.6) is 0 Å². The largest absolute Gasteiger partial charge is 0.359 e. The Kier molecular flexibility index (Phi) is 6.06. The second kappa shape index (κ2) is 8.73. The average molecular weight is 432 g/mol. The van der Waals surface area contributed by atoms with Crippen molar-refractivity contribution >= 4 is 24.2 Å². The van der Waals surface area contributed by atoms with Gasteiger partial charge in [-0.2, -0.15) is 0 Å². The third kappa shape index (κ3) is 3.81. The standard InChI is InChI=1S/C21H25N5O3.ClH/c27-19-6-3-5-18-13-8-14(11-22-10-13)20(26(18)19)21(28)24-12-15-9-17(25-29-15)16-4-1-2-7-23-16;/h1-2,4,7,9,13-14,18,20,22H,3,5-6,8,10-12H2,(H,24,28);1H/t13-,14+,18+,20-;/m1./s1. The van der Waals surface area contributed by atoms with Gasteiger partial charge >= 0.3 is 0 Å². The maximum Gasteiger partial charge on any atom is 0.243 e. The van der Waals surface area contributed by atoms with Gasteiger partial charge in [-0.1, -0.05) is 11.2 Å². The fourth-order valence-corrected chi connectivity index (χ4v) is 5.16. The van der Waals surface area contributed by atoms with Crippen LogP contribution in [0, 0.1) is 11.8 Å². The highest BCUT2D eigenvalue weighted by Crippen LogP contribution is 2.39. The summed E-state index contributed by atoms with van der Waals surface area (Å²) in [5.74, 6) is 1.20. The van der Waals surface area contributed by atoms with Gasteiger partial charge in [0.2, 0.25) is 11.8 Å². The van der Waals surface area contributed by atoms with E-state index >= 15 is 0 Å². The number of pyridine rings is 1. The van der Waals surface area contributed by atoms with E-state index in [0.29, 0.717) is 23.8 Å². The third-order valence-corrected chi connectivity index (χ3v) is 6.44. The van der Waals surface area contributed by atoms with E-state index in [2.05, 4.69) is 20.8 Å². The Hall–Kier alpha value is -2.45. The molecule has 3 aliphatic heterocycles. The molecular weight excluding hydrogens is 406 g/mol. The Morgan fingerprint density at radius 1 is 1.27 bits per heavy atom. The number of hydrogen-bond donors (Lipinski definition) is 2. The van der Waals surface area contributed by atoms with Gasteiger partial charge in [-0.05, 0) is 43.9 Å². The summed E-state index contributed by atoms with van der Waals surface area (Å²) in [6.07, 6.45) is 5.16. The fourth-order valence-electron chi connectivity index (χ4n) is 5.16. The van der Waals surface area contributed by atoms with Crippen molar-refractivity contribution < 1.29 is 14.1 Å². The summed E-state index contributed by atoms with van der Waals surface area (Å²) in [4.78, 5) is 32.0. The minimum absolute atomic E-state index is 0. The molecule has 9 heteroatoms. The molecule has 3 fully saturated rings. The number of carbonyl (C=O) groups excluding carboxylic acids is 2. The summed E-state index contributed by atoms with van der Waals surface area (Å²) in [7, 11) is 0. The van der Waals surface area contributed by atoms with Gasteiger partial charge in [-0.15, -0.1) is 12.4 Å². The number of amides is 2. The van der Waals surface area contributed by atoms with Gasteiger partial charge in [-0.3, -0.25) is 14.6 Å². The van der Waals surface area contributed by atoms with Crippen molar-refractivity contribution in [3.8, 4) is 11.4 Å². The molecule has 3 saturated heterocycles. The van der Waals surface area contributed by atoms with Crippen LogP contribution in [0.2, 0.25) is 0 Å². The number of hydrogen-bond acceptors (Lipinski definition) is 6. The number of rotatable bonds is 4. The number of fused-ring (bicyclic) bond motifs is 4. The Balaban J connectivity index is 0.00000218. The van der Waals surface area contributed by atoms with Crippen molar-refractivity contribution in [1.29, 1.82) is 0 Å². The van der Waals surface area contributed by atoms with E-state index in [4.69, 9.17) is 4.52 Å². The van der Waals surface area contributed by atoms with Crippen LogP contribution in [-0.2, 0) is 16.1 Å². The van der Waals surface area contributed by atoms with Crippen molar-refractivity contribution in [3.63, 3.8) is 0 Å². The lowest BCUT2D eigenvalue weighted by atomic mass is 9.72. The SMILES string of the molecule is Cl.O=C(NCc1cc(-c2ccccn2)no1)[C@H]1[C@@H]2CNC[C@@H](C2)[C@@H]2CCCC(=O)N21. The van der Waals surface area contributed by atoms with E-state index < -0.39 is 6.04 Å². The molecule has 2 aromatic heterocycles. The van der Waals surface area contributed by atoms with Gasteiger partial charge in [0.25, 0.3) is 0 Å². The number of carbonyl (C=O) groups is 2. The van der Waals surface area contributed by atoms with Gasteiger partial charge in [0, 0.05) is 37.2 Å². The van der Waals surface area contributed by atoms with Crippen LogP contribution < -0.4 is 10.6 Å². The predicted octanol–water partition coefficient (Wildman–Crippen LogP) is 1.76. The van der Waals surface area contributed by atoms with Gasteiger partial charge in [0.15, 0.2) is 5.76 Å². The van der Waals surface area contributed by atoms with E-state index in [-0.39, 0.29) is 42.7 Å². The van der Waals surface area contributed by atoms with Gasteiger partial charge in [-0.25, -0.2) is 0 Å². The lowest BCUT2D eigenvalue weighted by molar-refractivity contribution is -0.157. The highest BCUT2D eigenvalue weighted by molar-refractivity contribution is 5.89. The molecule has 3 aliphatic rings. The molecule has 0 aliphatic carbocycles. The van der Waals surface area contributed by atoms with Gasteiger partial charge in [0.1, 0.15) is 11.7 Å². The lowest BCUT2D eigenvalue weighted by Crippen LogP contribution is -2.67. The zero-order valence-corrected chi connectivity index (χ0v) is 17.4. The van der Waals surface area contributed by atoms with E-state index in [1.54, 1.807) is 12.3 Å². The predicted molar refractivity (Wildman–Crippen MR) is 112 cm³/mol. The minimum Gasteiger partial charge on any atom is -0.359 e. The molecule has 4 atom stereocenters. The molecule has 2 bridgehead atoms. The summed E-state index contributed by atoms with van der Waals surface area (Å²) >= 11 is 0. The number of piperidine rings is 3. The summed E-state index contributed by atoms with van der Waals surface area (Å²) in [6.45, 7) is 1.95. The number of halogens is 1. The lowest BCUT2D eigenvalue weighted by Gasteiger charge is -2.53. The zero-order valence-electron chi connectivity index (χ0n) is 16.6. The molecule has 0 unspecified atom stereocenters.